The Hall–Kier alpha value is -1.84. The van der Waals surface area contributed by atoms with E-state index in [0.29, 0.717) is 12.5 Å². The van der Waals surface area contributed by atoms with Gasteiger partial charge in [0.15, 0.2) is 0 Å². The lowest BCUT2D eigenvalue weighted by Crippen LogP contribution is -2.36. The highest BCUT2D eigenvalue weighted by molar-refractivity contribution is 5.97. The summed E-state index contributed by atoms with van der Waals surface area (Å²) in [5, 5.41) is 3.83. The number of halogens is 1. The molecule has 1 aliphatic rings. The third-order valence-electron chi connectivity index (χ3n) is 4.01. The molecular formula is C16H19FN2O. The van der Waals surface area contributed by atoms with Crippen LogP contribution < -0.4 is 5.32 Å². The summed E-state index contributed by atoms with van der Waals surface area (Å²) < 4.78 is 13.4. The van der Waals surface area contributed by atoms with Crippen LogP contribution in [0.25, 0.3) is 10.9 Å². The fraction of sp³-hybridized carbons (Fsp3) is 0.438. The van der Waals surface area contributed by atoms with Crippen molar-refractivity contribution in [2.75, 3.05) is 6.54 Å². The molecule has 1 aliphatic carbocycles. The summed E-state index contributed by atoms with van der Waals surface area (Å²) in [7, 11) is 0. The Kier molecular flexibility index (Phi) is 3.04. The van der Waals surface area contributed by atoms with E-state index in [9.17, 15) is 9.18 Å². The van der Waals surface area contributed by atoms with Gasteiger partial charge in [0.05, 0.1) is 5.41 Å². The minimum absolute atomic E-state index is 0.0661. The Bertz CT molecular complexity index is 656. The van der Waals surface area contributed by atoms with Crippen LogP contribution in [-0.4, -0.2) is 17.4 Å². The molecule has 1 fully saturated rings. The lowest BCUT2D eigenvalue weighted by molar-refractivity contribution is -0.123. The minimum atomic E-state index is -0.457. The standard InChI is InChI=1S/C16H19FN2O/c1-10(2)8-19-15(20)16(5-6-16)13-9-18-14-4-3-11(17)7-12(13)14/h3-4,7,9-10,18H,5-6,8H2,1-2H3,(H,19,20). The first-order chi connectivity index (χ1) is 9.53. The lowest BCUT2D eigenvalue weighted by Gasteiger charge is -2.16. The lowest BCUT2D eigenvalue weighted by atomic mass is 9.94. The van der Waals surface area contributed by atoms with E-state index in [0.717, 1.165) is 29.3 Å². The molecule has 2 N–H and O–H groups in total. The van der Waals surface area contributed by atoms with Gasteiger partial charge < -0.3 is 10.3 Å². The van der Waals surface area contributed by atoms with Crippen LogP contribution in [0, 0.1) is 11.7 Å². The zero-order valence-corrected chi connectivity index (χ0v) is 11.8. The van der Waals surface area contributed by atoms with Gasteiger partial charge in [0.25, 0.3) is 0 Å². The second kappa shape index (κ2) is 4.62. The predicted octanol–water partition coefficient (Wildman–Crippen LogP) is 3.11. The molecule has 106 valence electrons. The molecule has 3 rings (SSSR count). The maximum atomic E-state index is 13.4. The van der Waals surface area contributed by atoms with Crippen LogP contribution in [0.3, 0.4) is 0 Å². The van der Waals surface area contributed by atoms with Crippen LogP contribution >= 0.6 is 0 Å². The summed E-state index contributed by atoms with van der Waals surface area (Å²) in [6, 6.07) is 4.66. The number of H-pyrrole nitrogens is 1. The molecule has 1 aromatic carbocycles. The summed E-state index contributed by atoms with van der Waals surface area (Å²) in [5.41, 5.74) is 1.35. The van der Waals surface area contributed by atoms with Crippen LogP contribution in [0.15, 0.2) is 24.4 Å². The number of rotatable bonds is 4. The molecule has 1 saturated carbocycles. The molecule has 1 aromatic heterocycles. The molecule has 0 saturated heterocycles. The number of aromatic amines is 1. The van der Waals surface area contributed by atoms with Gasteiger partial charge in [-0.05, 0) is 42.5 Å². The Morgan fingerprint density at radius 1 is 1.45 bits per heavy atom. The van der Waals surface area contributed by atoms with Crippen molar-refractivity contribution in [2.24, 2.45) is 5.92 Å². The average molecular weight is 274 g/mol. The highest BCUT2D eigenvalue weighted by atomic mass is 19.1. The van der Waals surface area contributed by atoms with E-state index in [4.69, 9.17) is 0 Å². The molecule has 1 amide bonds. The number of hydrogen-bond acceptors (Lipinski definition) is 1. The normalized spacial score (nSPS) is 16.6. The van der Waals surface area contributed by atoms with Gasteiger partial charge in [-0.3, -0.25) is 4.79 Å². The van der Waals surface area contributed by atoms with Crippen molar-refractivity contribution < 1.29 is 9.18 Å². The quantitative estimate of drug-likeness (QED) is 0.884. The number of benzene rings is 1. The predicted molar refractivity (Wildman–Crippen MR) is 77.0 cm³/mol. The van der Waals surface area contributed by atoms with Crippen LogP contribution in [0.5, 0.6) is 0 Å². The molecule has 20 heavy (non-hydrogen) atoms. The van der Waals surface area contributed by atoms with Gasteiger partial charge >= 0.3 is 0 Å². The third-order valence-corrected chi connectivity index (χ3v) is 4.01. The van der Waals surface area contributed by atoms with E-state index in [1.807, 2.05) is 6.20 Å². The first-order valence-electron chi connectivity index (χ1n) is 7.08. The number of amides is 1. The fourth-order valence-electron chi connectivity index (χ4n) is 2.70. The highest BCUT2D eigenvalue weighted by Crippen LogP contribution is 2.50. The van der Waals surface area contributed by atoms with Gasteiger partial charge in [0, 0.05) is 23.6 Å². The van der Waals surface area contributed by atoms with Crippen molar-refractivity contribution in [1.82, 2.24) is 10.3 Å². The maximum absolute atomic E-state index is 13.4. The average Bonchev–Trinajstić information content (AvgIpc) is 3.11. The minimum Gasteiger partial charge on any atom is -0.361 e. The van der Waals surface area contributed by atoms with E-state index < -0.39 is 5.41 Å². The van der Waals surface area contributed by atoms with Gasteiger partial charge in [-0.1, -0.05) is 13.8 Å². The zero-order valence-electron chi connectivity index (χ0n) is 11.8. The third kappa shape index (κ3) is 2.09. The number of carbonyl (C=O) groups excluding carboxylic acids is 1. The summed E-state index contributed by atoms with van der Waals surface area (Å²) in [4.78, 5) is 15.6. The van der Waals surface area contributed by atoms with Gasteiger partial charge in [0.1, 0.15) is 5.82 Å². The van der Waals surface area contributed by atoms with Crippen LogP contribution in [0.2, 0.25) is 0 Å². The number of aromatic nitrogens is 1. The van der Waals surface area contributed by atoms with Crippen molar-refractivity contribution in [3.05, 3.63) is 35.8 Å². The van der Waals surface area contributed by atoms with Crippen LogP contribution in [0.1, 0.15) is 32.3 Å². The molecule has 0 unspecified atom stereocenters. The Morgan fingerprint density at radius 2 is 2.20 bits per heavy atom. The Balaban J connectivity index is 1.94. The van der Waals surface area contributed by atoms with Crippen molar-refractivity contribution >= 4 is 16.8 Å². The number of hydrogen-bond donors (Lipinski definition) is 2. The topological polar surface area (TPSA) is 44.9 Å². The molecule has 0 bridgehead atoms. The SMILES string of the molecule is CC(C)CNC(=O)C1(c2c[nH]c3ccc(F)cc23)CC1. The van der Waals surface area contributed by atoms with E-state index in [1.165, 1.54) is 12.1 Å². The van der Waals surface area contributed by atoms with Crippen LogP contribution in [-0.2, 0) is 10.2 Å². The summed E-state index contributed by atoms with van der Waals surface area (Å²) >= 11 is 0. The molecule has 1 heterocycles. The second-order valence-electron chi connectivity index (χ2n) is 6.08. The zero-order chi connectivity index (χ0) is 14.3. The van der Waals surface area contributed by atoms with Gasteiger partial charge in [-0.2, -0.15) is 0 Å². The Morgan fingerprint density at radius 3 is 2.85 bits per heavy atom. The second-order valence-corrected chi connectivity index (χ2v) is 6.08. The van der Waals surface area contributed by atoms with E-state index in [2.05, 4.69) is 24.1 Å². The molecule has 0 aliphatic heterocycles. The van der Waals surface area contributed by atoms with E-state index in [1.54, 1.807) is 6.07 Å². The summed E-state index contributed by atoms with van der Waals surface area (Å²) in [5.74, 6) is 0.225. The first-order valence-corrected chi connectivity index (χ1v) is 7.08. The molecule has 2 aromatic rings. The fourth-order valence-corrected chi connectivity index (χ4v) is 2.70. The van der Waals surface area contributed by atoms with E-state index >= 15 is 0 Å². The molecule has 0 spiro atoms. The van der Waals surface area contributed by atoms with Gasteiger partial charge in [0.2, 0.25) is 5.91 Å². The first kappa shape index (κ1) is 13.2. The summed E-state index contributed by atoms with van der Waals surface area (Å²) in [6.07, 6.45) is 3.52. The number of fused-ring (bicyclic) bond motifs is 1. The smallest absolute Gasteiger partial charge is 0.230 e. The van der Waals surface area contributed by atoms with Crippen molar-refractivity contribution in [3.63, 3.8) is 0 Å². The number of nitrogens with one attached hydrogen (secondary N) is 2. The molecule has 0 radical (unpaired) electrons. The summed E-state index contributed by atoms with van der Waals surface area (Å²) in [6.45, 7) is 4.82. The number of carbonyl (C=O) groups is 1. The van der Waals surface area contributed by atoms with Gasteiger partial charge in [-0.15, -0.1) is 0 Å². The van der Waals surface area contributed by atoms with Crippen molar-refractivity contribution in [3.8, 4) is 0 Å². The molecule has 3 nitrogen and oxygen atoms in total. The van der Waals surface area contributed by atoms with Crippen molar-refractivity contribution in [1.29, 1.82) is 0 Å². The van der Waals surface area contributed by atoms with Gasteiger partial charge in [-0.25, -0.2) is 4.39 Å². The maximum Gasteiger partial charge on any atom is 0.230 e. The molecule has 4 heteroatoms. The monoisotopic (exact) mass is 274 g/mol. The van der Waals surface area contributed by atoms with Crippen molar-refractivity contribution in [2.45, 2.75) is 32.1 Å². The van der Waals surface area contributed by atoms with E-state index in [-0.39, 0.29) is 11.7 Å². The van der Waals surface area contributed by atoms with Crippen LogP contribution in [0.4, 0.5) is 4.39 Å². The molecule has 0 atom stereocenters. The molecular weight excluding hydrogens is 255 g/mol. The highest BCUT2D eigenvalue weighted by Gasteiger charge is 2.52. The Labute approximate surface area is 117 Å². The largest absolute Gasteiger partial charge is 0.361 e.